The van der Waals surface area contributed by atoms with Crippen LogP contribution in [0.15, 0.2) is 60.7 Å². The summed E-state index contributed by atoms with van der Waals surface area (Å²) >= 11 is 0. The first kappa shape index (κ1) is 47.8. The first-order valence-corrected chi connectivity index (χ1v) is 23.1. The first-order valence-electron chi connectivity index (χ1n) is 23.1. The van der Waals surface area contributed by atoms with Gasteiger partial charge >= 0.3 is 0 Å². The van der Waals surface area contributed by atoms with Gasteiger partial charge in [-0.15, -0.1) is 0 Å². The van der Waals surface area contributed by atoms with Crippen LogP contribution in [-0.2, 0) is 27.3 Å². The summed E-state index contributed by atoms with van der Waals surface area (Å²) in [6.45, 7) is 12.2. The number of amides is 2. The molecule has 2 bridgehead atoms. The van der Waals surface area contributed by atoms with E-state index in [1.165, 1.54) is 17.2 Å². The van der Waals surface area contributed by atoms with Gasteiger partial charge in [-0.25, -0.2) is 4.39 Å². The van der Waals surface area contributed by atoms with Gasteiger partial charge in [-0.05, 0) is 105 Å². The number of halogens is 1. The molecule has 4 N–H and O–H groups in total. The van der Waals surface area contributed by atoms with Gasteiger partial charge < -0.3 is 40.1 Å². The third kappa shape index (κ3) is 10.8. The highest BCUT2D eigenvalue weighted by Crippen LogP contribution is 2.61. The number of hydrogen-bond acceptors (Lipinski definition) is 11. The topological polar surface area (TPSA) is 139 Å². The van der Waals surface area contributed by atoms with Crippen LogP contribution in [-0.4, -0.2) is 148 Å². The summed E-state index contributed by atoms with van der Waals surface area (Å²) in [5.41, 5.74) is 3.92. The molecule has 5 aliphatic rings. The van der Waals surface area contributed by atoms with E-state index in [1.807, 2.05) is 68.3 Å². The van der Waals surface area contributed by atoms with Crippen molar-refractivity contribution in [3.63, 3.8) is 0 Å². The van der Waals surface area contributed by atoms with Crippen LogP contribution < -0.4 is 20.3 Å². The predicted octanol–water partition coefficient (Wildman–Crippen LogP) is 4.83. The molecule has 2 aliphatic heterocycles. The monoisotopic (exact) mass is 887 g/mol. The summed E-state index contributed by atoms with van der Waals surface area (Å²) in [7, 11) is 7.75. The number of carbonyl (C=O) groups is 2. The summed E-state index contributed by atoms with van der Waals surface area (Å²) in [4.78, 5) is 41.4. The Morgan fingerprint density at radius 2 is 1.77 bits per heavy atom. The number of hydroxylamine groups is 2. The van der Waals surface area contributed by atoms with Crippen LogP contribution in [0.25, 0.3) is 11.1 Å². The molecule has 3 aliphatic carbocycles. The molecule has 0 unspecified atom stereocenters. The highest BCUT2D eigenvalue weighted by molar-refractivity contribution is 5.97. The van der Waals surface area contributed by atoms with Gasteiger partial charge in [0, 0.05) is 80.7 Å². The SMILES string of the molecule is C[C@@H]1[C@@H](NC(=O)[C@@H]2[C@H]([C@H](C)O)[C@H](CO)ON2Cc2cc(F)cc(-c3cc(C(=O)N[C@@H](Cc4ccccc4)CN(C)C)cc(N(C)C)c3)c2OCCN2CCOCC2)C[C@H]2C[C@@H]1C2(C)C. The molecule has 3 aromatic rings. The number of fused-ring (bicyclic) bond motifs is 2. The molecule has 2 amide bonds. The Hall–Kier alpha value is -4.15. The van der Waals surface area contributed by atoms with Crippen molar-refractivity contribution in [1.82, 2.24) is 25.5 Å². The molecule has 0 radical (unpaired) electrons. The average Bonchev–Trinajstić information content (AvgIpc) is 3.63. The van der Waals surface area contributed by atoms with Crippen LogP contribution in [0, 0.1) is 34.9 Å². The lowest BCUT2D eigenvalue weighted by Gasteiger charge is -2.62. The highest BCUT2D eigenvalue weighted by atomic mass is 19.1. The van der Waals surface area contributed by atoms with Gasteiger partial charge in [0.15, 0.2) is 0 Å². The number of aliphatic hydroxyl groups is 2. The van der Waals surface area contributed by atoms with Crippen molar-refractivity contribution in [1.29, 1.82) is 0 Å². The van der Waals surface area contributed by atoms with Crippen LogP contribution in [0.5, 0.6) is 5.75 Å². The Morgan fingerprint density at radius 3 is 2.41 bits per heavy atom. The summed E-state index contributed by atoms with van der Waals surface area (Å²) < 4.78 is 28.6. The third-order valence-corrected chi connectivity index (χ3v) is 14.5. The average molecular weight is 887 g/mol. The smallest absolute Gasteiger partial charge is 0.251 e. The zero-order valence-corrected chi connectivity index (χ0v) is 39.1. The lowest BCUT2D eigenvalue weighted by Crippen LogP contribution is -2.62. The fourth-order valence-corrected chi connectivity index (χ4v) is 10.8. The zero-order valence-electron chi connectivity index (χ0n) is 39.1. The van der Waals surface area contributed by atoms with Crippen molar-refractivity contribution in [2.75, 3.05) is 85.7 Å². The fraction of sp³-hybridized carbons (Fsp3) is 0.600. The number of rotatable bonds is 18. The predicted molar refractivity (Wildman–Crippen MR) is 246 cm³/mol. The van der Waals surface area contributed by atoms with Crippen LogP contribution in [0.2, 0.25) is 0 Å². The third-order valence-electron chi connectivity index (χ3n) is 14.5. The van der Waals surface area contributed by atoms with Gasteiger partial charge in [-0.3, -0.25) is 19.3 Å². The molecule has 5 fully saturated rings. The molecule has 3 aromatic carbocycles. The van der Waals surface area contributed by atoms with Crippen molar-refractivity contribution >= 4 is 17.5 Å². The van der Waals surface area contributed by atoms with Crippen molar-refractivity contribution < 1.29 is 38.5 Å². The number of nitrogens with zero attached hydrogens (tertiary/aromatic N) is 4. The number of nitrogens with one attached hydrogen (secondary N) is 2. The van der Waals surface area contributed by atoms with Crippen LogP contribution in [0.1, 0.15) is 62.0 Å². The Morgan fingerprint density at radius 1 is 1.03 bits per heavy atom. The largest absolute Gasteiger partial charge is 0.491 e. The van der Waals surface area contributed by atoms with Crippen molar-refractivity contribution in [2.45, 2.75) is 83.8 Å². The number of anilines is 1. The molecule has 0 spiro atoms. The van der Waals surface area contributed by atoms with Gasteiger partial charge in [-0.1, -0.05) is 51.1 Å². The van der Waals surface area contributed by atoms with E-state index in [1.54, 1.807) is 13.0 Å². The summed E-state index contributed by atoms with van der Waals surface area (Å²) in [6.07, 6.45) is 0.804. The van der Waals surface area contributed by atoms with Gasteiger partial charge in [0.25, 0.3) is 5.91 Å². The Balaban J connectivity index is 1.23. The molecule has 8 rings (SSSR count). The maximum Gasteiger partial charge on any atom is 0.251 e. The van der Waals surface area contributed by atoms with E-state index in [-0.39, 0.29) is 48.4 Å². The number of carbonyl (C=O) groups excluding carboxylic acids is 2. The number of aliphatic hydroxyl groups excluding tert-OH is 2. The minimum atomic E-state index is -0.996. The van der Waals surface area contributed by atoms with Crippen LogP contribution >= 0.6 is 0 Å². The molecule has 350 valence electrons. The molecule has 2 saturated heterocycles. The minimum Gasteiger partial charge on any atom is -0.491 e. The number of likely N-dealkylation sites (N-methyl/N-ethyl adjacent to an activating group) is 1. The number of benzene rings is 3. The first-order chi connectivity index (χ1) is 30.5. The quantitative estimate of drug-likeness (QED) is 0.140. The zero-order chi connectivity index (χ0) is 45.9. The summed E-state index contributed by atoms with van der Waals surface area (Å²) in [6, 6.07) is 17.2. The van der Waals surface area contributed by atoms with E-state index in [0.717, 1.165) is 37.2 Å². The van der Waals surface area contributed by atoms with E-state index in [0.29, 0.717) is 72.6 Å². The van der Waals surface area contributed by atoms with E-state index >= 15 is 4.39 Å². The highest BCUT2D eigenvalue weighted by Gasteiger charge is 2.57. The van der Waals surface area contributed by atoms with Crippen molar-refractivity contribution in [2.24, 2.45) is 29.1 Å². The molecule has 14 heteroatoms. The number of hydrogen-bond donors (Lipinski definition) is 4. The van der Waals surface area contributed by atoms with Crippen molar-refractivity contribution in [3.8, 4) is 16.9 Å². The molecule has 0 aromatic heterocycles. The van der Waals surface area contributed by atoms with Crippen molar-refractivity contribution in [3.05, 3.63) is 83.2 Å². The molecular weight excluding hydrogens is 816 g/mol. The van der Waals surface area contributed by atoms with Gasteiger partial charge in [-0.2, -0.15) is 5.06 Å². The molecule has 64 heavy (non-hydrogen) atoms. The summed E-state index contributed by atoms with van der Waals surface area (Å²) in [5, 5.41) is 29.8. The van der Waals surface area contributed by atoms with E-state index in [2.05, 4.69) is 48.4 Å². The van der Waals surface area contributed by atoms with Crippen LogP contribution in [0.3, 0.4) is 0 Å². The second kappa shape index (κ2) is 20.6. The second-order valence-corrected chi connectivity index (χ2v) is 19.8. The molecule has 2 heterocycles. The summed E-state index contributed by atoms with van der Waals surface area (Å²) in [5.74, 6) is -0.179. The molecule has 9 atom stereocenters. The number of morpholine rings is 1. The van der Waals surface area contributed by atoms with Gasteiger partial charge in [0.1, 0.15) is 30.3 Å². The van der Waals surface area contributed by atoms with E-state index in [9.17, 15) is 19.8 Å². The number of ether oxygens (including phenoxy) is 2. The molecule has 13 nitrogen and oxygen atoms in total. The Bertz CT molecular complexity index is 2060. The maximum absolute atomic E-state index is 16.3. The van der Waals surface area contributed by atoms with Gasteiger partial charge in [0.05, 0.1) is 32.5 Å². The Kier molecular flexibility index (Phi) is 15.4. The lowest BCUT2D eigenvalue weighted by atomic mass is 9.45. The fourth-order valence-electron chi connectivity index (χ4n) is 10.8. The molecular formula is C50H71FN6O7. The van der Waals surface area contributed by atoms with Gasteiger partial charge in [0.2, 0.25) is 5.91 Å². The second-order valence-electron chi connectivity index (χ2n) is 19.8. The molecule has 3 saturated carbocycles. The van der Waals surface area contributed by atoms with E-state index < -0.39 is 36.6 Å². The lowest BCUT2D eigenvalue weighted by molar-refractivity contribution is -0.183. The standard InChI is InChI=1S/C50H71FN6O7/c1-31-42-25-37(50(42,3)4)26-43(31)53-49(61)46-45(32(2)59)44(30-58)64-57(46)28-36-22-38(51)27-41(47(36)63-19-16-56-14-17-62-18-15-56)34-21-35(24-40(23-34)55(7)8)48(60)52-39(29-54(5)6)20-33-12-10-9-11-13-33/h9-13,21-24,27,31-32,37,39,42-46,58-59H,14-20,25-26,28-30H2,1-8H3,(H,52,60)(H,53,61)/t31-,32-,37+,39-,42-,43-,44-,45+,46-/m0/s1. The Labute approximate surface area is 379 Å². The minimum absolute atomic E-state index is 0.0410. The normalized spacial score (nSPS) is 26.5. The van der Waals surface area contributed by atoms with E-state index in [4.69, 9.17) is 14.3 Å². The van der Waals surface area contributed by atoms with Crippen LogP contribution in [0.4, 0.5) is 10.1 Å². The maximum atomic E-state index is 16.3.